The van der Waals surface area contributed by atoms with Crippen LogP contribution in [0.3, 0.4) is 0 Å². The van der Waals surface area contributed by atoms with Gasteiger partial charge < -0.3 is 9.30 Å². The van der Waals surface area contributed by atoms with E-state index in [1.54, 1.807) is 6.92 Å². The van der Waals surface area contributed by atoms with Crippen molar-refractivity contribution in [2.24, 2.45) is 0 Å². The van der Waals surface area contributed by atoms with Gasteiger partial charge in [-0.3, -0.25) is 0 Å². The molecular weight excluding hydrogens is 264 g/mol. The molecule has 0 aliphatic carbocycles. The number of fused-ring (bicyclic) bond motifs is 1. The van der Waals surface area contributed by atoms with Gasteiger partial charge in [-0.1, -0.05) is 6.07 Å². The molecule has 1 heterocycles. The zero-order valence-corrected chi connectivity index (χ0v) is 12.8. The van der Waals surface area contributed by atoms with Gasteiger partial charge in [-0.15, -0.1) is 0 Å². The summed E-state index contributed by atoms with van der Waals surface area (Å²) in [4.78, 5) is 12.2. The van der Waals surface area contributed by atoms with Gasteiger partial charge in [0.25, 0.3) is 0 Å². The zero-order chi connectivity index (χ0) is 15.4. The second kappa shape index (κ2) is 6.45. The lowest BCUT2D eigenvalue weighted by molar-refractivity contribution is 0.0514. The van der Waals surface area contributed by atoms with Crippen LogP contribution in [0.1, 0.15) is 41.4 Å². The van der Waals surface area contributed by atoms with Crippen molar-refractivity contribution in [3.63, 3.8) is 0 Å². The largest absolute Gasteiger partial charge is 0.461 e. The Bertz CT molecular complexity index is 708. The zero-order valence-electron chi connectivity index (χ0n) is 12.8. The summed E-state index contributed by atoms with van der Waals surface area (Å²) >= 11 is 0. The molecule has 0 saturated carbocycles. The van der Waals surface area contributed by atoms with E-state index in [2.05, 4.69) is 26.0 Å². The highest BCUT2D eigenvalue weighted by atomic mass is 16.5. The van der Waals surface area contributed by atoms with Crippen LogP contribution < -0.4 is 0 Å². The molecule has 0 radical (unpaired) electrons. The van der Waals surface area contributed by atoms with Crippen LogP contribution in [0.2, 0.25) is 0 Å². The smallest absolute Gasteiger partial charge is 0.354 e. The summed E-state index contributed by atoms with van der Waals surface area (Å²) in [6.45, 7) is 6.93. The van der Waals surface area contributed by atoms with Gasteiger partial charge in [-0.2, -0.15) is 5.26 Å². The predicted octanol–water partition coefficient (Wildman–Crippen LogP) is 3.74. The van der Waals surface area contributed by atoms with Gasteiger partial charge in [0.15, 0.2) is 0 Å². The Morgan fingerprint density at radius 1 is 1.38 bits per heavy atom. The lowest BCUT2D eigenvalue weighted by atomic mass is 10.1. The highest BCUT2D eigenvalue weighted by molar-refractivity contribution is 5.97. The number of unbranched alkanes of at least 4 members (excludes halogenated alkanes) is 1. The SMILES string of the molecule is CCOC(=O)c1cc2c(C)c(C)ccc2n1CCCC#N. The molecule has 0 fully saturated rings. The topological polar surface area (TPSA) is 55.0 Å². The molecule has 0 amide bonds. The summed E-state index contributed by atoms with van der Waals surface area (Å²) in [6, 6.07) is 8.15. The lowest BCUT2D eigenvalue weighted by Gasteiger charge is -2.09. The van der Waals surface area contributed by atoms with Crippen LogP contribution in [-0.2, 0) is 11.3 Å². The molecule has 4 nitrogen and oxygen atoms in total. The number of ether oxygens (including phenoxy) is 1. The summed E-state index contributed by atoms with van der Waals surface area (Å²) in [5.41, 5.74) is 3.97. The van der Waals surface area contributed by atoms with Crippen LogP contribution in [0.5, 0.6) is 0 Å². The number of carbonyl (C=O) groups is 1. The van der Waals surface area contributed by atoms with Crippen molar-refractivity contribution in [2.45, 2.75) is 40.2 Å². The average Bonchev–Trinajstić information content (AvgIpc) is 2.83. The van der Waals surface area contributed by atoms with Gasteiger partial charge >= 0.3 is 5.97 Å². The van der Waals surface area contributed by atoms with Crippen molar-refractivity contribution >= 4 is 16.9 Å². The van der Waals surface area contributed by atoms with Crippen molar-refractivity contribution in [3.05, 3.63) is 35.0 Å². The standard InChI is InChI=1S/C17H20N2O2/c1-4-21-17(20)16-11-14-13(3)12(2)7-8-15(14)19(16)10-6-5-9-18/h7-8,11H,4-6,10H2,1-3H3. The highest BCUT2D eigenvalue weighted by Gasteiger charge is 2.17. The van der Waals surface area contributed by atoms with E-state index in [-0.39, 0.29) is 5.97 Å². The van der Waals surface area contributed by atoms with Crippen molar-refractivity contribution in [1.29, 1.82) is 5.26 Å². The highest BCUT2D eigenvalue weighted by Crippen LogP contribution is 2.26. The van der Waals surface area contributed by atoms with E-state index < -0.39 is 0 Å². The van der Waals surface area contributed by atoms with Gasteiger partial charge in [-0.25, -0.2) is 4.79 Å². The molecule has 0 bridgehead atoms. The molecule has 2 aromatic rings. The Morgan fingerprint density at radius 3 is 2.81 bits per heavy atom. The Hall–Kier alpha value is -2.28. The first kappa shape index (κ1) is 15.1. The molecule has 0 N–H and O–H groups in total. The summed E-state index contributed by atoms with van der Waals surface area (Å²) in [7, 11) is 0. The summed E-state index contributed by atoms with van der Waals surface area (Å²) < 4.78 is 7.12. The molecule has 4 heteroatoms. The number of aryl methyl sites for hydroxylation is 3. The van der Waals surface area contributed by atoms with Crippen molar-refractivity contribution in [1.82, 2.24) is 4.57 Å². The van der Waals surface area contributed by atoms with E-state index in [4.69, 9.17) is 10.00 Å². The third kappa shape index (κ3) is 2.92. The van der Waals surface area contributed by atoms with E-state index in [1.807, 2.05) is 16.7 Å². The minimum Gasteiger partial charge on any atom is -0.461 e. The Kier molecular flexibility index (Phi) is 4.64. The van der Waals surface area contributed by atoms with Crippen molar-refractivity contribution < 1.29 is 9.53 Å². The number of carbonyl (C=O) groups excluding carboxylic acids is 1. The van der Waals surface area contributed by atoms with Gasteiger partial charge in [0, 0.05) is 23.9 Å². The summed E-state index contributed by atoms with van der Waals surface area (Å²) in [6.07, 6.45) is 1.20. The minimum atomic E-state index is -0.303. The fraction of sp³-hybridized carbons (Fsp3) is 0.412. The van der Waals surface area contributed by atoms with Gasteiger partial charge in [-0.05, 0) is 50.5 Å². The Balaban J connectivity index is 2.54. The quantitative estimate of drug-likeness (QED) is 0.621. The molecule has 0 unspecified atom stereocenters. The van der Waals surface area contributed by atoms with Crippen molar-refractivity contribution in [2.75, 3.05) is 6.61 Å². The van der Waals surface area contributed by atoms with Gasteiger partial charge in [0.05, 0.1) is 12.7 Å². The van der Waals surface area contributed by atoms with Gasteiger partial charge in [0.1, 0.15) is 5.69 Å². The molecule has 0 saturated heterocycles. The second-order valence-corrected chi connectivity index (χ2v) is 5.10. The van der Waals surface area contributed by atoms with Crippen LogP contribution in [-0.4, -0.2) is 17.1 Å². The minimum absolute atomic E-state index is 0.303. The second-order valence-electron chi connectivity index (χ2n) is 5.10. The summed E-state index contributed by atoms with van der Waals surface area (Å²) in [5, 5.41) is 9.78. The van der Waals surface area contributed by atoms with Crippen LogP contribution in [0.25, 0.3) is 10.9 Å². The average molecular weight is 284 g/mol. The van der Waals surface area contributed by atoms with E-state index in [0.717, 1.165) is 17.3 Å². The number of aromatic nitrogens is 1. The van der Waals surface area contributed by atoms with Gasteiger partial charge in [0.2, 0.25) is 0 Å². The molecule has 0 atom stereocenters. The van der Waals surface area contributed by atoms with E-state index in [1.165, 1.54) is 11.1 Å². The molecule has 110 valence electrons. The molecule has 0 spiro atoms. The number of hydrogen-bond donors (Lipinski definition) is 0. The number of hydrogen-bond acceptors (Lipinski definition) is 3. The molecule has 0 aliphatic rings. The van der Waals surface area contributed by atoms with Crippen LogP contribution >= 0.6 is 0 Å². The number of nitrogens with zero attached hydrogens (tertiary/aromatic N) is 2. The molecule has 0 aliphatic heterocycles. The molecular formula is C17H20N2O2. The third-order valence-electron chi connectivity index (χ3n) is 3.78. The number of benzene rings is 1. The lowest BCUT2D eigenvalue weighted by Crippen LogP contribution is -2.12. The number of esters is 1. The van der Waals surface area contributed by atoms with Crippen LogP contribution in [0, 0.1) is 25.2 Å². The van der Waals surface area contributed by atoms with Crippen molar-refractivity contribution in [3.8, 4) is 6.07 Å². The predicted molar refractivity (Wildman–Crippen MR) is 82.2 cm³/mol. The summed E-state index contributed by atoms with van der Waals surface area (Å²) in [5.74, 6) is -0.303. The van der Waals surface area contributed by atoms with Crippen LogP contribution in [0.4, 0.5) is 0 Å². The molecule has 1 aromatic carbocycles. The maximum Gasteiger partial charge on any atom is 0.354 e. The Morgan fingerprint density at radius 2 is 2.14 bits per heavy atom. The first-order valence-corrected chi connectivity index (χ1v) is 7.23. The molecule has 2 rings (SSSR count). The monoisotopic (exact) mass is 284 g/mol. The first-order valence-electron chi connectivity index (χ1n) is 7.23. The number of rotatable bonds is 5. The third-order valence-corrected chi connectivity index (χ3v) is 3.78. The van der Waals surface area contributed by atoms with E-state index >= 15 is 0 Å². The van der Waals surface area contributed by atoms with Crippen LogP contribution in [0.15, 0.2) is 18.2 Å². The van der Waals surface area contributed by atoms with E-state index in [0.29, 0.717) is 25.3 Å². The normalized spacial score (nSPS) is 10.6. The fourth-order valence-electron chi connectivity index (χ4n) is 2.52. The fourth-order valence-corrected chi connectivity index (χ4v) is 2.52. The molecule has 1 aromatic heterocycles. The first-order chi connectivity index (χ1) is 10.1. The van der Waals surface area contributed by atoms with E-state index in [9.17, 15) is 4.79 Å². The maximum atomic E-state index is 12.2. The number of nitriles is 1. The molecule has 21 heavy (non-hydrogen) atoms. The maximum absolute atomic E-state index is 12.2. The Labute approximate surface area is 124 Å².